The molecule has 0 saturated carbocycles. The van der Waals surface area contributed by atoms with E-state index in [9.17, 15) is 8.42 Å². The molecule has 132 valence electrons. The number of hydrogen-bond acceptors (Lipinski definition) is 6. The predicted octanol–water partition coefficient (Wildman–Crippen LogP) is 2.88. The van der Waals surface area contributed by atoms with E-state index in [2.05, 4.69) is 36.8 Å². The largest absolute Gasteiger partial charge is 0.304 e. The Labute approximate surface area is 159 Å². The van der Waals surface area contributed by atoms with Crippen LogP contribution in [0.25, 0.3) is 22.0 Å². The minimum Gasteiger partial charge on any atom is -0.304 e. The first-order chi connectivity index (χ1) is 12.5. The van der Waals surface area contributed by atoms with Crippen molar-refractivity contribution in [1.29, 1.82) is 0 Å². The molecule has 0 saturated heterocycles. The molecule has 1 aliphatic heterocycles. The molecule has 0 bridgehead atoms. The van der Waals surface area contributed by atoms with E-state index in [1.165, 1.54) is 6.26 Å². The number of sulfone groups is 1. The van der Waals surface area contributed by atoms with Crippen LogP contribution >= 0.6 is 15.9 Å². The molecule has 2 heterocycles. The Kier molecular flexibility index (Phi) is 4.26. The van der Waals surface area contributed by atoms with Crippen molar-refractivity contribution in [2.45, 2.75) is 4.90 Å². The quantitative estimate of drug-likeness (QED) is 0.667. The summed E-state index contributed by atoms with van der Waals surface area (Å²) in [5.74, 6) is 0.502. The molecule has 1 aliphatic rings. The highest BCUT2D eigenvalue weighted by molar-refractivity contribution is 9.10. The first kappa shape index (κ1) is 17.1. The summed E-state index contributed by atoms with van der Waals surface area (Å²) >= 11 is 3.39. The van der Waals surface area contributed by atoms with Crippen molar-refractivity contribution in [3.63, 3.8) is 0 Å². The van der Waals surface area contributed by atoms with Gasteiger partial charge in [0.1, 0.15) is 12.5 Å². The molecular weight excluding hydrogens is 416 g/mol. The van der Waals surface area contributed by atoms with Crippen molar-refractivity contribution in [3.8, 4) is 11.1 Å². The van der Waals surface area contributed by atoms with Gasteiger partial charge in [-0.15, -0.1) is 0 Å². The second-order valence-corrected chi connectivity index (χ2v) is 8.72. The van der Waals surface area contributed by atoms with E-state index in [0.29, 0.717) is 22.5 Å². The average molecular weight is 431 g/mol. The Bertz CT molecular complexity index is 1150. The molecular formula is C18H15BrN4O2S. The molecule has 6 nitrogen and oxygen atoms in total. The number of nitrogens with zero attached hydrogens (tertiary/aromatic N) is 2. The van der Waals surface area contributed by atoms with Crippen LogP contribution in [0, 0.1) is 0 Å². The molecule has 2 aromatic carbocycles. The number of benzene rings is 2. The van der Waals surface area contributed by atoms with Crippen LogP contribution in [0.4, 0.5) is 0 Å². The summed E-state index contributed by atoms with van der Waals surface area (Å²) < 4.78 is 25.6. The zero-order chi connectivity index (χ0) is 18.3. The zero-order valence-corrected chi connectivity index (χ0v) is 16.2. The number of hydrazine groups is 1. The van der Waals surface area contributed by atoms with Crippen molar-refractivity contribution < 1.29 is 8.42 Å². The van der Waals surface area contributed by atoms with Crippen molar-refractivity contribution in [1.82, 2.24) is 15.8 Å². The molecule has 3 aromatic rings. The molecule has 2 N–H and O–H groups in total. The Morgan fingerprint density at radius 2 is 1.88 bits per heavy atom. The van der Waals surface area contributed by atoms with Gasteiger partial charge in [0.15, 0.2) is 9.84 Å². The molecule has 0 radical (unpaired) electrons. The molecule has 0 amide bonds. The van der Waals surface area contributed by atoms with Gasteiger partial charge >= 0.3 is 0 Å². The van der Waals surface area contributed by atoms with Crippen molar-refractivity contribution in [2.75, 3.05) is 12.9 Å². The van der Waals surface area contributed by atoms with Gasteiger partial charge in [-0.3, -0.25) is 4.98 Å². The maximum atomic E-state index is 12.5. The van der Waals surface area contributed by atoms with Crippen LogP contribution in [0.15, 0.2) is 63.0 Å². The Morgan fingerprint density at radius 3 is 2.62 bits per heavy atom. The summed E-state index contributed by atoms with van der Waals surface area (Å²) in [6.07, 6.45) is 2.93. The third-order valence-electron chi connectivity index (χ3n) is 4.18. The number of nitrogens with one attached hydrogen (secondary N) is 2. The molecule has 8 heteroatoms. The van der Waals surface area contributed by atoms with E-state index in [-0.39, 0.29) is 4.90 Å². The second kappa shape index (κ2) is 6.46. The second-order valence-electron chi connectivity index (χ2n) is 5.91. The van der Waals surface area contributed by atoms with Gasteiger partial charge in [-0.2, -0.15) is 0 Å². The summed E-state index contributed by atoms with van der Waals surface area (Å²) in [7, 11) is -3.50. The SMILES string of the molecule is CS(=O)(=O)c1c(Br)ccc(-c2ccnc3ccccc23)c1C1=NCNN1. The number of halogens is 1. The average Bonchev–Trinajstić information content (AvgIpc) is 3.14. The Hall–Kier alpha value is -2.29. The monoisotopic (exact) mass is 430 g/mol. The van der Waals surface area contributed by atoms with Crippen LogP contribution in [0.2, 0.25) is 0 Å². The Balaban J connectivity index is 2.12. The number of para-hydroxylation sites is 1. The van der Waals surface area contributed by atoms with Gasteiger partial charge in [-0.25, -0.2) is 18.8 Å². The minimum atomic E-state index is -3.50. The van der Waals surface area contributed by atoms with Gasteiger partial charge in [0.25, 0.3) is 0 Å². The lowest BCUT2D eigenvalue weighted by Gasteiger charge is -2.17. The Morgan fingerprint density at radius 1 is 1.08 bits per heavy atom. The standard InChI is InChI=1S/C18H15BrN4O2S/c1-26(24,25)17-14(19)7-6-13(16(17)18-21-10-22-23-18)11-8-9-20-15-5-3-2-4-12(11)15/h2-9,22H,10H2,1H3,(H,21,23). The van der Waals surface area contributed by atoms with E-state index < -0.39 is 9.84 Å². The topological polar surface area (TPSA) is 83.5 Å². The molecule has 1 aromatic heterocycles. The van der Waals surface area contributed by atoms with Crippen LogP contribution < -0.4 is 10.9 Å². The fourth-order valence-electron chi connectivity index (χ4n) is 3.13. The normalized spacial score (nSPS) is 14.3. The summed E-state index contributed by atoms with van der Waals surface area (Å²) in [6, 6.07) is 13.3. The van der Waals surface area contributed by atoms with E-state index in [1.54, 1.807) is 12.3 Å². The number of hydrogen-bond donors (Lipinski definition) is 2. The highest BCUT2D eigenvalue weighted by Gasteiger charge is 2.26. The highest BCUT2D eigenvalue weighted by Crippen LogP contribution is 2.37. The molecule has 0 fully saturated rings. The fraction of sp³-hybridized carbons (Fsp3) is 0.111. The zero-order valence-electron chi connectivity index (χ0n) is 13.8. The first-order valence-corrected chi connectivity index (χ1v) is 10.6. The number of aromatic nitrogens is 1. The molecule has 0 aliphatic carbocycles. The predicted molar refractivity (Wildman–Crippen MR) is 106 cm³/mol. The van der Waals surface area contributed by atoms with E-state index in [0.717, 1.165) is 22.0 Å². The third-order valence-corrected chi connectivity index (χ3v) is 6.27. The smallest absolute Gasteiger partial charge is 0.177 e. The third kappa shape index (κ3) is 2.90. The van der Waals surface area contributed by atoms with Gasteiger partial charge in [0, 0.05) is 27.9 Å². The lowest BCUT2D eigenvalue weighted by atomic mass is 9.96. The first-order valence-electron chi connectivity index (χ1n) is 7.87. The van der Waals surface area contributed by atoms with E-state index in [1.807, 2.05) is 36.4 Å². The number of rotatable bonds is 3. The lowest BCUT2D eigenvalue weighted by molar-refractivity contribution is 0.601. The van der Waals surface area contributed by atoms with Gasteiger partial charge < -0.3 is 5.43 Å². The van der Waals surface area contributed by atoms with Gasteiger partial charge in [0.2, 0.25) is 0 Å². The lowest BCUT2D eigenvalue weighted by Crippen LogP contribution is -2.31. The number of aliphatic imine (C=N–C) groups is 1. The van der Waals surface area contributed by atoms with Gasteiger partial charge in [-0.05, 0) is 45.3 Å². The molecule has 0 spiro atoms. The number of fused-ring (bicyclic) bond motifs is 1. The van der Waals surface area contributed by atoms with E-state index >= 15 is 0 Å². The minimum absolute atomic E-state index is 0.214. The number of amidine groups is 1. The van der Waals surface area contributed by atoms with Crippen molar-refractivity contribution >= 4 is 42.5 Å². The van der Waals surface area contributed by atoms with Crippen LogP contribution in [-0.4, -0.2) is 32.2 Å². The van der Waals surface area contributed by atoms with Gasteiger partial charge in [-0.1, -0.05) is 24.3 Å². The van der Waals surface area contributed by atoms with Crippen LogP contribution in [0.3, 0.4) is 0 Å². The maximum Gasteiger partial charge on any atom is 0.177 e. The van der Waals surface area contributed by atoms with Crippen molar-refractivity contribution in [2.24, 2.45) is 4.99 Å². The van der Waals surface area contributed by atoms with Gasteiger partial charge in [0.05, 0.1) is 10.4 Å². The molecule has 0 unspecified atom stereocenters. The summed E-state index contributed by atoms with van der Waals surface area (Å²) in [5, 5.41) is 0.949. The van der Waals surface area contributed by atoms with Crippen LogP contribution in [-0.2, 0) is 9.84 Å². The summed E-state index contributed by atoms with van der Waals surface area (Å²) in [5.41, 5.74) is 8.95. The fourth-order valence-corrected chi connectivity index (χ4v) is 5.35. The van der Waals surface area contributed by atoms with Crippen LogP contribution in [0.1, 0.15) is 5.56 Å². The highest BCUT2D eigenvalue weighted by atomic mass is 79.9. The van der Waals surface area contributed by atoms with Crippen molar-refractivity contribution in [3.05, 3.63) is 58.7 Å². The summed E-state index contributed by atoms with van der Waals surface area (Å²) in [6.45, 7) is 0.377. The summed E-state index contributed by atoms with van der Waals surface area (Å²) in [4.78, 5) is 8.99. The maximum absolute atomic E-state index is 12.5. The molecule has 0 atom stereocenters. The number of pyridine rings is 1. The molecule has 26 heavy (non-hydrogen) atoms. The molecule has 4 rings (SSSR count). The van der Waals surface area contributed by atoms with Crippen LogP contribution in [0.5, 0.6) is 0 Å². The van der Waals surface area contributed by atoms with E-state index in [4.69, 9.17) is 0 Å².